The molecule has 1 aliphatic carbocycles. The number of amides is 1. The van der Waals surface area contributed by atoms with E-state index in [1.807, 2.05) is 17.0 Å². The summed E-state index contributed by atoms with van der Waals surface area (Å²) in [5.74, 6) is 0.652. The van der Waals surface area contributed by atoms with Gasteiger partial charge in [0.2, 0.25) is 5.91 Å². The van der Waals surface area contributed by atoms with Gasteiger partial charge in [-0.15, -0.1) is 0 Å². The molecular weight excluding hydrogens is 292 g/mol. The van der Waals surface area contributed by atoms with Crippen molar-refractivity contribution in [2.75, 3.05) is 31.1 Å². The van der Waals surface area contributed by atoms with Gasteiger partial charge < -0.3 is 20.1 Å². The second-order valence-electron chi connectivity index (χ2n) is 5.74. The largest absolute Gasteiger partial charge is 0.490 e. The topological polar surface area (TPSA) is 61.8 Å². The van der Waals surface area contributed by atoms with E-state index in [0.29, 0.717) is 24.7 Å². The van der Waals surface area contributed by atoms with Crippen LogP contribution in [-0.4, -0.2) is 42.9 Å². The summed E-state index contributed by atoms with van der Waals surface area (Å²) in [6, 6.07) is 5.40. The van der Waals surface area contributed by atoms with E-state index in [4.69, 9.17) is 16.3 Å². The Morgan fingerprint density at radius 3 is 3.00 bits per heavy atom. The molecular formula is C15H19ClN2O3. The van der Waals surface area contributed by atoms with Crippen molar-refractivity contribution in [1.82, 2.24) is 5.32 Å². The number of halogens is 1. The van der Waals surface area contributed by atoms with Crippen LogP contribution in [0.2, 0.25) is 5.02 Å². The highest BCUT2D eigenvalue weighted by atomic mass is 35.5. The van der Waals surface area contributed by atoms with E-state index in [1.54, 1.807) is 6.07 Å². The third-order valence-electron chi connectivity index (χ3n) is 4.11. The number of anilines is 1. The van der Waals surface area contributed by atoms with Crippen molar-refractivity contribution >= 4 is 23.2 Å². The quantitative estimate of drug-likeness (QED) is 0.886. The zero-order chi connectivity index (χ0) is 14.9. The fourth-order valence-electron chi connectivity index (χ4n) is 2.66. The number of hydrogen-bond donors (Lipinski definition) is 2. The predicted octanol–water partition coefficient (Wildman–Crippen LogP) is 1.57. The number of hydrogen-bond acceptors (Lipinski definition) is 4. The third kappa shape index (κ3) is 3.24. The summed E-state index contributed by atoms with van der Waals surface area (Å²) in [5, 5.41) is 13.4. The van der Waals surface area contributed by atoms with Crippen molar-refractivity contribution in [1.29, 1.82) is 0 Å². The Kier molecular flexibility index (Phi) is 3.95. The van der Waals surface area contributed by atoms with E-state index in [0.717, 1.165) is 30.7 Å². The van der Waals surface area contributed by atoms with Crippen LogP contribution in [0.4, 0.5) is 5.69 Å². The molecule has 1 aromatic rings. The van der Waals surface area contributed by atoms with Gasteiger partial charge in [-0.25, -0.2) is 0 Å². The summed E-state index contributed by atoms with van der Waals surface area (Å²) >= 11 is 6.01. The number of benzene rings is 1. The summed E-state index contributed by atoms with van der Waals surface area (Å²) in [6.45, 7) is 1.77. The molecule has 114 valence electrons. The molecule has 2 N–H and O–H groups in total. The van der Waals surface area contributed by atoms with Crippen molar-refractivity contribution in [2.24, 2.45) is 0 Å². The van der Waals surface area contributed by atoms with Crippen LogP contribution in [0.3, 0.4) is 0 Å². The molecule has 0 unspecified atom stereocenters. The van der Waals surface area contributed by atoms with Gasteiger partial charge in [0, 0.05) is 11.6 Å². The van der Waals surface area contributed by atoms with E-state index in [1.165, 1.54) is 0 Å². The number of carbonyl (C=O) groups is 1. The summed E-state index contributed by atoms with van der Waals surface area (Å²) in [5.41, 5.74) is 0.147. The smallest absolute Gasteiger partial charge is 0.239 e. The minimum Gasteiger partial charge on any atom is -0.490 e. The van der Waals surface area contributed by atoms with Gasteiger partial charge in [0.1, 0.15) is 12.4 Å². The maximum atomic E-state index is 12.1. The number of nitrogens with one attached hydrogen (secondary N) is 1. The van der Waals surface area contributed by atoms with Gasteiger partial charge in [-0.3, -0.25) is 4.79 Å². The second-order valence-corrected chi connectivity index (χ2v) is 6.17. The zero-order valence-electron chi connectivity index (χ0n) is 11.8. The van der Waals surface area contributed by atoms with Gasteiger partial charge in [-0.05, 0) is 37.5 Å². The minimum absolute atomic E-state index is 0.0943. The van der Waals surface area contributed by atoms with E-state index in [-0.39, 0.29) is 12.5 Å². The van der Waals surface area contributed by atoms with Crippen LogP contribution in [0.15, 0.2) is 18.2 Å². The lowest BCUT2D eigenvalue weighted by molar-refractivity contribution is -0.122. The summed E-state index contributed by atoms with van der Waals surface area (Å²) in [7, 11) is 0. The van der Waals surface area contributed by atoms with Crippen molar-refractivity contribution in [2.45, 2.75) is 24.9 Å². The van der Waals surface area contributed by atoms with Crippen LogP contribution in [0, 0.1) is 0 Å². The molecule has 1 saturated carbocycles. The van der Waals surface area contributed by atoms with Crippen LogP contribution in [0.25, 0.3) is 0 Å². The second kappa shape index (κ2) is 5.73. The average molecular weight is 311 g/mol. The average Bonchev–Trinajstić information content (AvgIpc) is 2.44. The number of nitrogens with zero attached hydrogens (tertiary/aromatic N) is 1. The van der Waals surface area contributed by atoms with Crippen molar-refractivity contribution < 1.29 is 14.6 Å². The van der Waals surface area contributed by atoms with Gasteiger partial charge in [-0.1, -0.05) is 11.6 Å². The Morgan fingerprint density at radius 2 is 2.29 bits per heavy atom. The van der Waals surface area contributed by atoms with Gasteiger partial charge in [0.25, 0.3) is 0 Å². The fourth-order valence-corrected chi connectivity index (χ4v) is 2.83. The van der Waals surface area contributed by atoms with Crippen LogP contribution in [0.5, 0.6) is 5.75 Å². The van der Waals surface area contributed by atoms with E-state index in [2.05, 4.69) is 5.32 Å². The van der Waals surface area contributed by atoms with E-state index < -0.39 is 5.60 Å². The highest BCUT2D eigenvalue weighted by Gasteiger charge is 2.34. The zero-order valence-corrected chi connectivity index (χ0v) is 12.5. The first-order chi connectivity index (χ1) is 10.1. The first kappa shape index (κ1) is 14.5. The molecule has 21 heavy (non-hydrogen) atoms. The van der Waals surface area contributed by atoms with Crippen molar-refractivity contribution in [3.63, 3.8) is 0 Å². The van der Waals surface area contributed by atoms with Crippen molar-refractivity contribution in [3.8, 4) is 5.75 Å². The number of aliphatic hydroxyl groups is 1. The minimum atomic E-state index is -0.693. The SMILES string of the molecule is O=C(CN1CCOc2ccc(Cl)cc21)NCC1(O)CCC1. The Labute approximate surface area is 128 Å². The lowest BCUT2D eigenvalue weighted by Gasteiger charge is -2.37. The van der Waals surface area contributed by atoms with E-state index >= 15 is 0 Å². The molecule has 1 heterocycles. The Morgan fingerprint density at radius 1 is 1.48 bits per heavy atom. The molecule has 1 amide bonds. The lowest BCUT2D eigenvalue weighted by atomic mass is 9.80. The maximum absolute atomic E-state index is 12.1. The normalized spacial score (nSPS) is 19.2. The van der Waals surface area contributed by atoms with Crippen LogP contribution in [-0.2, 0) is 4.79 Å². The number of carbonyl (C=O) groups excluding carboxylic acids is 1. The Balaban J connectivity index is 1.60. The molecule has 0 spiro atoms. The highest BCUT2D eigenvalue weighted by Crippen LogP contribution is 2.34. The number of fused-ring (bicyclic) bond motifs is 1. The Hall–Kier alpha value is -1.46. The Bertz CT molecular complexity index is 546. The highest BCUT2D eigenvalue weighted by molar-refractivity contribution is 6.31. The molecule has 0 saturated heterocycles. The molecule has 0 bridgehead atoms. The first-order valence-electron chi connectivity index (χ1n) is 7.22. The first-order valence-corrected chi connectivity index (χ1v) is 7.60. The number of rotatable bonds is 4. The standard InChI is InChI=1S/C15H19ClN2O3/c16-11-2-3-13-12(8-11)18(6-7-21-13)9-14(19)17-10-15(20)4-1-5-15/h2-3,8,20H,1,4-7,9-10H2,(H,17,19). The van der Waals surface area contributed by atoms with Crippen LogP contribution < -0.4 is 15.0 Å². The summed E-state index contributed by atoms with van der Waals surface area (Å²) in [6.07, 6.45) is 2.56. The molecule has 6 heteroatoms. The molecule has 2 aliphatic rings. The van der Waals surface area contributed by atoms with Crippen LogP contribution in [0.1, 0.15) is 19.3 Å². The van der Waals surface area contributed by atoms with E-state index in [9.17, 15) is 9.90 Å². The summed E-state index contributed by atoms with van der Waals surface area (Å²) in [4.78, 5) is 14.0. The van der Waals surface area contributed by atoms with Crippen molar-refractivity contribution in [3.05, 3.63) is 23.2 Å². The molecule has 0 aromatic heterocycles. The molecule has 1 aliphatic heterocycles. The maximum Gasteiger partial charge on any atom is 0.239 e. The fraction of sp³-hybridized carbons (Fsp3) is 0.533. The molecule has 5 nitrogen and oxygen atoms in total. The number of ether oxygens (including phenoxy) is 1. The van der Waals surface area contributed by atoms with Gasteiger partial charge >= 0.3 is 0 Å². The molecule has 1 fully saturated rings. The molecule has 3 rings (SSSR count). The molecule has 0 atom stereocenters. The lowest BCUT2D eigenvalue weighted by Crippen LogP contribution is -2.50. The third-order valence-corrected chi connectivity index (χ3v) is 4.35. The van der Waals surface area contributed by atoms with Crippen LogP contribution >= 0.6 is 11.6 Å². The summed E-state index contributed by atoms with van der Waals surface area (Å²) < 4.78 is 5.56. The van der Waals surface area contributed by atoms with Gasteiger partial charge in [0.15, 0.2) is 0 Å². The molecule has 0 radical (unpaired) electrons. The van der Waals surface area contributed by atoms with Gasteiger partial charge in [-0.2, -0.15) is 0 Å². The predicted molar refractivity (Wildman–Crippen MR) is 81.0 cm³/mol. The monoisotopic (exact) mass is 310 g/mol. The van der Waals surface area contributed by atoms with Gasteiger partial charge in [0.05, 0.1) is 24.4 Å². The molecule has 1 aromatic carbocycles.